The minimum atomic E-state index is 1.21. The lowest BCUT2D eigenvalue weighted by atomic mass is 10.1. The molecule has 1 aromatic heterocycles. The largest absolute Gasteiger partial charge is 0.235 e. The molecule has 0 bridgehead atoms. The minimum absolute atomic E-state index is 1.21. The predicted octanol–water partition coefficient (Wildman–Crippen LogP) is 2.44. The van der Waals surface area contributed by atoms with Crippen LogP contribution in [0.4, 0.5) is 0 Å². The summed E-state index contributed by atoms with van der Waals surface area (Å²) in [7, 11) is 0. The van der Waals surface area contributed by atoms with Crippen molar-refractivity contribution in [3.8, 4) is 0 Å². The first-order valence-electron chi connectivity index (χ1n) is 4.77. The third kappa shape index (κ3) is 0.953. The van der Waals surface area contributed by atoms with Crippen LogP contribution in [-0.2, 0) is 13.0 Å². The van der Waals surface area contributed by atoms with Crippen molar-refractivity contribution >= 4 is 21.6 Å². The average molecular weight is 190 g/mol. The first kappa shape index (κ1) is 7.51. The van der Waals surface area contributed by atoms with Gasteiger partial charge in [0.05, 0.1) is 0 Å². The zero-order valence-corrected chi connectivity index (χ0v) is 8.53. The summed E-state index contributed by atoms with van der Waals surface area (Å²) < 4.78 is 3.92. The summed E-state index contributed by atoms with van der Waals surface area (Å²) in [6.07, 6.45) is 2.56. The Balaban J connectivity index is 2.51. The van der Waals surface area contributed by atoms with Crippen molar-refractivity contribution in [1.82, 2.24) is 0 Å². The van der Waals surface area contributed by atoms with Gasteiger partial charge in [0.2, 0.25) is 10.5 Å². The molecule has 0 N–H and O–H groups in total. The van der Waals surface area contributed by atoms with E-state index in [9.17, 15) is 0 Å². The fourth-order valence-electron chi connectivity index (χ4n) is 2.23. The van der Waals surface area contributed by atoms with Crippen LogP contribution in [0.1, 0.15) is 17.0 Å². The molecule has 2 aromatic rings. The topological polar surface area (TPSA) is 3.88 Å². The van der Waals surface area contributed by atoms with Crippen LogP contribution in [0, 0.1) is 6.92 Å². The Kier molecular flexibility index (Phi) is 1.47. The maximum Gasteiger partial charge on any atom is 0.235 e. The van der Waals surface area contributed by atoms with Gasteiger partial charge in [0.1, 0.15) is 4.70 Å². The van der Waals surface area contributed by atoms with E-state index in [1.165, 1.54) is 40.2 Å². The predicted molar refractivity (Wildman–Crippen MR) is 55.1 cm³/mol. The van der Waals surface area contributed by atoms with E-state index in [2.05, 4.69) is 29.7 Å². The van der Waals surface area contributed by atoms with Gasteiger partial charge in [-0.15, -0.1) is 0 Å². The van der Waals surface area contributed by atoms with Gasteiger partial charge in [-0.25, -0.2) is 0 Å². The van der Waals surface area contributed by atoms with Crippen molar-refractivity contribution < 1.29 is 4.57 Å². The zero-order chi connectivity index (χ0) is 8.84. The van der Waals surface area contributed by atoms with Crippen LogP contribution in [0.3, 0.4) is 0 Å². The van der Waals surface area contributed by atoms with Gasteiger partial charge in [-0.05, 0) is 12.5 Å². The van der Waals surface area contributed by atoms with Gasteiger partial charge < -0.3 is 0 Å². The van der Waals surface area contributed by atoms with E-state index in [1.807, 2.05) is 11.3 Å². The average Bonchev–Trinajstić information content (AvgIpc) is 2.47. The van der Waals surface area contributed by atoms with Crippen molar-refractivity contribution in [1.29, 1.82) is 0 Å². The highest BCUT2D eigenvalue weighted by atomic mass is 32.1. The van der Waals surface area contributed by atoms with E-state index < -0.39 is 0 Å². The molecule has 1 aliphatic rings. The monoisotopic (exact) mass is 190 g/mol. The number of thiazole rings is 1. The molecule has 0 amide bonds. The molecule has 66 valence electrons. The number of benzene rings is 1. The van der Waals surface area contributed by atoms with Gasteiger partial charge in [-0.1, -0.05) is 23.5 Å². The van der Waals surface area contributed by atoms with Crippen molar-refractivity contribution in [3.63, 3.8) is 0 Å². The van der Waals surface area contributed by atoms with E-state index in [1.54, 1.807) is 0 Å². The molecule has 2 heterocycles. The molecular weight excluding hydrogens is 178 g/mol. The normalized spacial score (nSPS) is 15.2. The van der Waals surface area contributed by atoms with Crippen molar-refractivity contribution in [2.24, 2.45) is 0 Å². The van der Waals surface area contributed by atoms with E-state index in [0.717, 1.165) is 0 Å². The Hall–Kier alpha value is -0.890. The van der Waals surface area contributed by atoms with Crippen LogP contribution in [0.15, 0.2) is 18.2 Å². The minimum Gasteiger partial charge on any atom is -0.186 e. The summed E-state index contributed by atoms with van der Waals surface area (Å²) in [5, 5.41) is 1.45. The van der Waals surface area contributed by atoms with Gasteiger partial charge in [0, 0.05) is 18.9 Å². The molecule has 0 unspecified atom stereocenters. The lowest BCUT2D eigenvalue weighted by Crippen LogP contribution is -2.38. The fourth-order valence-corrected chi connectivity index (χ4v) is 3.32. The van der Waals surface area contributed by atoms with E-state index >= 15 is 0 Å². The van der Waals surface area contributed by atoms with E-state index in [0.29, 0.717) is 0 Å². The lowest BCUT2D eigenvalue weighted by molar-refractivity contribution is -0.676. The van der Waals surface area contributed by atoms with Crippen LogP contribution in [0.2, 0.25) is 0 Å². The van der Waals surface area contributed by atoms with Crippen LogP contribution in [0.25, 0.3) is 10.2 Å². The van der Waals surface area contributed by atoms with Crippen LogP contribution < -0.4 is 4.57 Å². The second-order valence-corrected chi connectivity index (χ2v) is 4.87. The molecule has 0 saturated heterocycles. The molecule has 1 aromatic carbocycles. The third-order valence-corrected chi connectivity index (χ3v) is 3.88. The Morgan fingerprint density at radius 2 is 2.31 bits per heavy atom. The number of aryl methyl sites for hydroxylation is 3. The lowest BCUT2D eigenvalue weighted by Gasteiger charge is -2.06. The molecule has 0 saturated carbocycles. The van der Waals surface area contributed by atoms with Crippen molar-refractivity contribution in [2.75, 3.05) is 0 Å². The van der Waals surface area contributed by atoms with Gasteiger partial charge in [0.15, 0.2) is 6.54 Å². The molecule has 0 radical (unpaired) electrons. The summed E-state index contributed by atoms with van der Waals surface area (Å²) in [5.74, 6) is 0. The first-order valence-corrected chi connectivity index (χ1v) is 5.59. The number of rotatable bonds is 0. The molecule has 0 fully saturated rings. The summed E-state index contributed by atoms with van der Waals surface area (Å²) in [6.45, 7) is 3.43. The smallest absolute Gasteiger partial charge is 0.186 e. The Morgan fingerprint density at radius 3 is 3.23 bits per heavy atom. The van der Waals surface area contributed by atoms with Crippen LogP contribution in [0.5, 0.6) is 0 Å². The molecule has 0 aliphatic carbocycles. The summed E-state index contributed by atoms with van der Waals surface area (Å²) in [6, 6.07) is 6.69. The number of aromatic nitrogens is 1. The SMILES string of the molecule is Cc1sc2cccc3c2[n+]1CCC3. The third-order valence-electron chi connectivity index (χ3n) is 2.82. The standard InChI is InChI=1S/C11H12NS/c1-8-12-7-3-5-9-4-2-6-10(13-8)11(9)12/h2,4,6H,3,5,7H2,1H3/q+1. The molecular formula is C11H12NS+. The second-order valence-electron chi connectivity index (χ2n) is 3.64. The highest BCUT2D eigenvalue weighted by molar-refractivity contribution is 7.18. The van der Waals surface area contributed by atoms with Gasteiger partial charge in [-0.2, -0.15) is 4.57 Å². The molecule has 13 heavy (non-hydrogen) atoms. The Labute approximate surface area is 81.6 Å². The number of hydrogen-bond donors (Lipinski definition) is 0. The number of para-hydroxylation sites is 1. The summed E-state index contributed by atoms with van der Waals surface area (Å²) >= 11 is 1.92. The van der Waals surface area contributed by atoms with Gasteiger partial charge in [-0.3, -0.25) is 0 Å². The van der Waals surface area contributed by atoms with Crippen LogP contribution in [-0.4, -0.2) is 0 Å². The highest BCUT2D eigenvalue weighted by Crippen LogP contribution is 2.26. The number of nitrogens with zero attached hydrogens (tertiary/aromatic N) is 1. The Bertz CT molecular complexity index is 470. The molecule has 1 nitrogen and oxygen atoms in total. The van der Waals surface area contributed by atoms with E-state index in [-0.39, 0.29) is 0 Å². The number of hydrogen-bond acceptors (Lipinski definition) is 1. The van der Waals surface area contributed by atoms with Crippen molar-refractivity contribution in [2.45, 2.75) is 26.3 Å². The molecule has 0 spiro atoms. The maximum absolute atomic E-state index is 2.47. The summed E-state index contributed by atoms with van der Waals surface area (Å²) in [4.78, 5) is 0. The highest BCUT2D eigenvalue weighted by Gasteiger charge is 2.23. The molecule has 2 heteroatoms. The first-order chi connectivity index (χ1) is 6.36. The molecule has 1 aliphatic heterocycles. The second kappa shape index (κ2) is 2.55. The quantitative estimate of drug-likeness (QED) is 0.562. The van der Waals surface area contributed by atoms with E-state index in [4.69, 9.17) is 0 Å². The van der Waals surface area contributed by atoms with Gasteiger partial charge in [0.25, 0.3) is 0 Å². The maximum atomic E-state index is 2.47. The van der Waals surface area contributed by atoms with Crippen molar-refractivity contribution in [3.05, 3.63) is 28.8 Å². The zero-order valence-electron chi connectivity index (χ0n) is 7.71. The Morgan fingerprint density at radius 1 is 1.38 bits per heavy atom. The fraction of sp³-hybridized carbons (Fsp3) is 0.364. The van der Waals surface area contributed by atoms with Gasteiger partial charge >= 0.3 is 0 Å². The van der Waals surface area contributed by atoms with Crippen LogP contribution >= 0.6 is 11.3 Å². The summed E-state index contributed by atoms with van der Waals surface area (Å²) in [5.41, 5.74) is 3.03. The molecule has 0 atom stereocenters. The molecule has 3 rings (SSSR count).